The van der Waals surface area contributed by atoms with Gasteiger partial charge in [0.15, 0.2) is 0 Å². The molecule has 2 aromatic rings. The average Bonchev–Trinajstić information content (AvgIpc) is 2.29. The van der Waals surface area contributed by atoms with E-state index in [9.17, 15) is 15.3 Å². The number of benzene rings is 1. The smallest absolute Gasteiger partial charge is 0.333 e. The van der Waals surface area contributed by atoms with Gasteiger partial charge in [-0.2, -0.15) is 0 Å². The predicted octanol–water partition coefficient (Wildman–Crippen LogP) is 1.60. The van der Waals surface area contributed by atoms with E-state index in [0.717, 1.165) is 5.56 Å². The minimum Gasteiger partial charge on any atom is -0.710 e. The van der Waals surface area contributed by atoms with E-state index < -0.39 is 4.92 Å². The minimum absolute atomic E-state index is 0.0649. The van der Waals surface area contributed by atoms with Crippen LogP contribution < -0.4 is 4.73 Å². The summed E-state index contributed by atoms with van der Waals surface area (Å²) < 4.78 is 0.606. The highest BCUT2D eigenvalue weighted by molar-refractivity contribution is 5.56. The van der Waals surface area contributed by atoms with Crippen molar-refractivity contribution >= 4 is 5.69 Å². The molecule has 0 aliphatic carbocycles. The summed E-state index contributed by atoms with van der Waals surface area (Å²) in [6.07, 6.45) is 2.92. The van der Waals surface area contributed by atoms with E-state index in [1.807, 2.05) is 0 Å². The number of rotatable bonds is 2. The average molecular weight is 231 g/mol. The summed E-state index contributed by atoms with van der Waals surface area (Å²) in [5.41, 5.74) is 1.09. The molecule has 0 saturated heterocycles. The minimum atomic E-state index is -0.507. The number of nitro groups is 1. The quantitative estimate of drug-likeness (QED) is 0.340. The number of hydrogen-bond donors (Lipinski definition) is 0. The van der Waals surface area contributed by atoms with Crippen molar-refractivity contribution in [2.45, 2.75) is 6.92 Å². The van der Waals surface area contributed by atoms with Crippen LogP contribution in [0.1, 0.15) is 5.56 Å². The molecule has 17 heavy (non-hydrogen) atoms. The Morgan fingerprint density at radius 2 is 2.18 bits per heavy atom. The first kappa shape index (κ1) is 11.0. The highest BCUT2D eigenvalue weighted by Gasteiger charge is 2.14. The van der Waals surface area contributed by atoms with Crippen LogP contribution in [-0.2, 0) is 0 Å². The number of aryl methyl sites for hydroxylation is 1. The van der Waals surface area contributed by atoms with Gasteiger partial charge in [0.25, 0.3) is 5.69 Å². The summed E-state index contributed by atoms with van der Waals surface area (Å²) in [7, 11) is 0. The first-order valence-corrected chi connectivity index (χ1v) is 4.88. The molecule has 0 fully saturated rings. The molecule has 0 aliphatic rings. The van der Waals surface area contributed by atoms with Crippen molar-refractivity contribution in [2.75, 3.05) is 0 Å². The van der Waals surface area contributed by atoms with Crippen LogP contribution >= 0.6 is 0 Å². The molecule has 1 aromatic carbocycles. The molecular formula is C11H9N3O3. The second-order valence-corrected chi connectivity index (χ2v) is 3.59. The Morgan fingerprint density at radius 3 is 2.82 bits per heavy atom. The van der Waals surface area contributed by atoms with E-state index in [2.05, 4.69) is 4.98 Å². The van der Waals surface area contributed by atoms with Crippen LogP contribution in [0.2, 0.25) is 0 Å². The number of hydrogen-bond acceptors (Lipinski definition) is 4. The molecule has 0 radical (unpaired) electrons. The van der Waals surface area contributed by atoms with Gasteiger partial charge >= 0.3 is 5.82 Å². The highest BCUT2D eigenvalue weighted by atomic mass is 16.6. The Labute approximate surface area is 96.9 Å². The van der Waals surface area contributed by atoms with Gasteiger partial charge in [0, 0.05) is 17.7 Å². The molecule has 0 unspecified atom stereocenters. The van der Waals surface area contributed by atoms with Gasteiger partial charge in [0.1, 0.15) is 12.4 Å². The van der Waals surface area contributed by atoms with Gasteiger partial charge in [0.05, 0.1) is 10.5 Å². The zero-order valence-electron chi connectivity index (χ0n) is 9.03. The maximum Gasteiger partial charge on any atom is 0.333 e. The first-order valence-electron chi connectivity index (χ1n) is 4.88. The van der Waals surface area contributed by atoms with Crippen LogP contribution in [0.3, 0.4) is 0 Å². The Bertz CT molecular complexity index is 584. The molecule has 0 atom stereocenters. The predicted molar refractivity (Wildman–Crippen MR) is 60.0 cm³/mol. The maximum atomic E-state index is 11.6. The maximum absolute atomic E-state index is 11.6. The normalized spacial score (nSPS) is 10.2. The molecule has 0 aliphatic heterocycles. The molecule has 0 saturated carbocycles. The van der Waals surface area contributed by atoms with Crippen molar-refractivity contribution in [3.63, 3.8) is 0 Å². The van der Waals surface area contributed by atoms with E-state index >= 15 is 0 Å². The Kier molecular flexibility index (Phi) is 2.70. The molecule has 6 nitrogen and oxygen atoms in total. The number of aromatic nitrogens is 2. The second kappa shape index (κ2) is 4.17. The van der Waals surface area contributed by atoms with Crippen LogP contribution in [0.5, 0.6) is 0 Å². The van der Waals surface area contributed by atoms with Crippen LogP contribution in [-0.4, -0.2) is 9.91 Å². The largest absolute Gasteiger partial charge is 0.710 e. The molecule has 2 rings (SSSR count). The Hall–Kier alpha value is -2.50. The van der Waals surface area contributed by atoms with E-state index in [-0.39, 0.29) is 11.5 Å². The number of nitro benzene ring substituents is 1. The summed E-state index contributed by atoms with van der Waals surface area (Å²) in [6.45, 7) is 1.75. The second-order valence-electron chi connectivity index (χ2n) is 3.59. The number of non-ortho nitro benzene ring substituents is 1. The van der Waals surface area contributed by atoms with Crippen LogP contribution in [0.25, 0.3) is 11.4 Å². The molecule has 6 heteroatoms. The van der Waals surface area contributed by atoms with Gasteiger partial charge in [-0.25, -0.2) is 4.73 Å². The van der Waals surface area contributed by atoms with Gasteiger partial charge in [-0.3, -0.25) is 10.1 Å². The molecule has 1 heterocycles. The lowest BCUT2D eigenvalue weighted by molar-refractivity contribution is -0.597. The molecule has 0 N–H and O–H groups in total. The summed E-state index contributed by atoms with van der Waals surface area (Å²) in [4.78, 5) is 14.1. The van der Waals surface area contributed by atoms with E-state index in [1.54, 1.807) is 19.2 Å². The zero-order valence-corrected chi connectivity index (χ0v) is 9.03. The molecule has 1 aromatic heterocycles. The van der Waals surface area contributed by atoms with E-state index in [4.69, 9.17) is 0 Å². The molecule has 0 amide bonds. The lowest BCUT2D eigenvalue weighted by atomic mass is 10.2. The fourth-order valence-corrected chi connectivity index (χ4v) is 1.46. The van der Waals surface area contributed by atoms with Crippen molar-refractivity contribution in [1.29, 1.82) is 0 Å². The SMILES string of the molecule is Cc1cnc(-c2cccc([N+](=O)[O-])c2)[n+]([O-])c1. The van der Waals surface area contributed by atoms with Crippen molar-refractivity contribution in [3.8, 4) is 11.4 Å². The lowest BCUT2D eigenvalue weighted by Gasteiger charge is -2.05. The van der Waals surface area contributed by atoms with Gasteiger partial charge in [-0.15, -0.1) is 0 Å². The molecular weight excluding hydrogens is 222 g/mol. The topological polar surface area (TPSA) is 83.0 Å². The van der Waals surface area contributed by atoms with Crippen LogP contribution in [0.15, 0.2) is 36.7 Å². The lowest BCUT2D eigenvalue weighted by Crippen LogP contribution is -2.30. The van der Waals surface area contributed by atoms with Crippen molar-refractivity contribution in [1.82, 2.24) is 4.98 Å². The summed E-state index contributed by atoms with van der Waals surface area (Å²) in [6, 6.07) is 5.83. The fourth-order valence-electron chi connectivity index (χ4n) is 1.46. The third-order valence-corrected chi connectivity index (χ3v) is 2.24. The third-order valence-electron chi connectivity index (χ3n) is 2.24. The number of nitrogens with zero attached hydrogens (tertiary/aromatic N) is 3. The standard InChI is InChI=1S/C11H9N3O3/c1-8-6-12-11(13(15)7-8)9-3-2-4-10(5-9)14(16)17/h2-7H,1H3. The molecule has 0 spiro atoms. The van der Waals surface area contributed by atoms with Gasteiger partial charge in [-0.1, -0.05) is 6.07 Å². The summed E-state index contributed by atoms with van der Waals surface area (Å²) >= 11 is 0. The summed E-state index contributed by atoms with van der Waals surface area (Å²) in [5, 5.41) is 22.2. The van der Waals surface area contributed by atoms with Gasteiger partial charge < -0.3 is 5.21 Å². The Balaban J connectivity index is 2.53. The third kappa shape index (κ3) is 2.20. The van der Waals surface area contributed by atoms with Gasteiger partial charge in [0.2, 0.25) is 0 Å². The Morgan fingerprint density at radius 1 is 1.41 bits per heavy atom. The van der Waals surface area contributed by atoms with Crippen molar-refractivity contribution < 1.29 is 9.65 Å². The van der Waals surface area contributed by atoms with Crippen molar-refractivity contribution in [3.05, 3.63) is 57.5 Å². The zero-order chi connectivity index (χ0) is 12.4. The van der Waals surface area contributed by atoms with Gasteiger partial charge in [-0.05, 0) is 18.0 Å². The molecule has 0 bridgehead atoms. The molecule has 86 valence electrons. The van der Waals surface area contributed by atoms with E-state index in [0.29, 0.717) is 10.3 Å². The fraction of sp³-hybridized carbons (Fsp3) is 0.0909. The van der Waals surface area contributed by atoms with Crippen LogP contribution in [0, 0.1) is 22.2 Å². The monoisotopic (exact) mass is 231 g/mol. The van der Waals surface area contributed by atoms with Crippen molar-refractivity contribution in [2.24, 2.45) is 0 Å². The first-order chi connectivity index (χ1) is 8.08. The van der Waals surface area contributed by atoms with Crippen LogP contribution in [0.4, 0.5) is 5.69 Å². The highest BCUT2D eigenvalue weighted by Crippen LogP contribution is 2.19. The summed E-state index contributed by atoms with van der Waals surface area (Å²) in [5.74, 6) is 0.152. The van der Waals surface area contributed by atoms with E-state index in [1.165, 1.54) is 24.4 Å².